The molecule has 3 rings (SSSR count). The normalized spacial score (nSPS) is 10.7. The lowest BCUT2D eigenvalue weighted by atomic mass is 10.1. The third kappa shape index (κ3) is 2.56. The van der Waals surface area contributed by atoms with E-state index in [4.69, 9.17) is 11.0 Å². The zero-order valence-electron chi connectivity index (χ0n) is 11.7. The van der Waals surface area contributed by atoms with Crippen molar-refractivity contribution in [3.8, 4) is 6.07 Å². The van der Waals surface area contributed by atoms with E-state index in [0.29, 0.717) is 11.3 Å². The summed E-state index contributed by atoms with van der Waals surface area (Å²) in [5.74, 6) is 0.979. The van der Waals surface area contributed by atoms with Gasteiger partial charge in [-0.05, 0) is 30.2 Å². The number of imidazole rings is 1. The maximum absolute atomic E-state index is 8.80. The summed E-state index contributed by atoms with van der Waals surface area (Å²) in [6, 6.07) is 11.6. The molecule has 0 atom stereocenters. The number of pyridine rings is 1. The molecular weight excluding hydrogens is 262 g/mol. The van der Waals surface area contributed by atoms with Gasteiger partial charge in [0.15, 0.2) is 5.65 Å². The molecule has 0 bridgehead atoms. The predicted octanol–water partition coefficient (Wildman–Crippen LogP) is 2.21. The number of hydrogen-bond donors (Lipinski definition) is 1. The lowest BCUT2D eigenvalue weighted by Gasteiger charge is -2.02. The molecule has 0 radical (unpaired) electrons. The first-order valence-electron chi connectivity index (χ1n) is 6.73. The summed E-state index contributed by atoms with van der Waals surface area (Å²) in [6.45, 7) is 0. The van der Waals surface area contributed by atoms with Crippen LogP contribution in [0.4, 0.5) is 5.69 Å². The van der Waals surface area contributed by atoms with Gasteiger partial charge in [-0.3, -0.25) is 0 Å². The molecule has 0 aliphatic heterocycles. The molecule has 2 heterocycles. The van der Waals surface area contributed by atoms with E-state index >= 15 is 0 Å². The average molecular weight is 277 g/mol. The van der Waals surface area contributed by atoms with Gasteiger partial charge in [0.05, 0.1) is 23.5 Å². The van der Waals surface area contributed by atoms with Crippen molar-refractivity contribution in [2.45, 2.75) is 12.8 Å². The number of nitrogens with zero attached hydrogens (tertiary/aromatic N) is 4. The second-order valence-electron chi connectivity index (χ2n) is 5.01. The van der Waals surface area contributed by atoms with E-state index in [1.54, 1.807) is 6.20 Å². The minimum Gasteiger partial charge on any atom is -0.397 e. The highest BCUT2D eigenvalue weighted by atomic mass is 15.1. The Morgan fingerprint density at radius 3 is 2.71 bits per heavy atom. The second kappa shape index (κ2) is 5.25. The Bertz CT molecular complexity index is 824. The highest BCUT2D eigenvalue weighted by molar-refractivity contribution is 5.74. The van der Waals surface area contributed by atoms with Crippen LogP contribution >= 0.6 is 0 Å². The summed E-state index contributed by atoms with van der Waals surface area (Å²) >= 11 is 0. The Morgan fingerprint density at radius 1 is 1.24 bits per heavy atom. The van der Waals surface area contributed by atoms with Crippen molar-refractivity contribution < 1.29 is 0 Å². The van der Waals surface area contributed by atoms with Crippen LogP contribution in [0.3, 0.4) is 0 Å². The number of aromatic nitrogens is 3. The third-order valence-corrected chi connectivity index (χ3v) is 3.54. The Balaban J connectivity index is 1.81. The van der Waals surface area contributed by atoms with Crippen LogP contribution in [0.2, 0.25) is 0 Å². The highest BCUT2D eigenvalue weighted by Crippen LogP contribution is 2.16. The molecular formula is C16H15N5. The van der Waals surface area contributed by atoms with Gasteiger partial charge in [-0.25, -0.2) is 9.97 Å². The fraction of sp³-hybridized carbons (Fsp3) is 0.188. The summed E-state index contributed by atoms with van der Waals surface area (Å²) < 4.78 is 2.00. The monoisotopic (exact) mass is 277 g/mol. The first-order chi connectivity index (χ1) is 10.2. The van der Waals surface area contributed by atoms with E-state index in [1.807, 2.05) is 41.9 Å². The van der Waals surface area contributed by atoms with E-state index in [9.17, 15) is 0 Å². The van der Waals surface area contributed by atoms with Gasteiger partial charge >= 0.3 is 0 Å². The number of aryl methyl sites for hydroxylation is 3. The van der Waals surface area contributed by atoms with Crippen LogP contribution in [0.1, 0.15) is 17.0 Å². The molecule has 2 N–H and O–H groups in total. The summed E-state index contributed by atoms with van der Waals surface area (Å²) in [4.78, 5) is 8.91. The van der Waals surface area contributed by atoms with Crippen LogP contribution in [0, 0.1) is 11.3 Å². The lowest BCUT2D eigenvalue weighted by Crippen LogP contribution is -2.01. The van der Waals surface area contributed by atoms with Crippen LogP contribution in [0.5, 0.6) is 0 Å². The zero-order valence-corrected chi connectivity index (χ0v) is 11.7. The summed E-state index contributed by atoms with van der Waals surface area (Å²) in [7, 11) is 1.96. The minimum absolute atomic E-state index is 0.624. The molecule has 1 aromatic carbocycles. The van der Waals surface area contributed by atoms with Crippen LogP contribution in [-0.2, 0) is 19.9 Å². The molecule has 2 aromatic heterocycles. The molecule has 0 amide bonds. The van der Waals surface area contributed by atoms with E-state index in [2.05, 4.69) is 16.0 Å². The van der Waals surface area contributed by atoms with E-state index in [1.165, 1.54) is 5.56 Å². The van der Waals surface area contributed by atoms with Gasteiger partial charge in [0, 0.05) is 13.5 Å². The fourth-order valence-electron chi connectivity index (χ4n) is 2.36. The quantitative estimate of drug-likeness (QED) is 0.796. The number of nitriles is 1. The molecule has 0 unspecified atom stereocenters. The molecule has 5 nitrogen and oxygen atoms in total. The Kier molecular flexibility index (Phi) is 3.28. The van der Waals surface area contributed by atoms with Crippen molar-refractivity contribution in [2.75, 3.05) is 5.73 Å². The molecule has 104 valence electrons. The fourth-order valence-corrected chi connectivity index (χ4v) is 2.36. The molecule has 0 saturated carbocycles. The topological polar surface area (TPSA) is 80.5 Å². The molecule has 5 heteroatoms. The largest absolute Gasteiger partial charge is 0.397 e. The third-order valence-electron chi connectivity index (χ3n) is 3.54. The summed E-state index contributed by atoms with van der Waals surface area (Å²) in [6.07, 6.45) is 3.34. The van der Waals surface area contributed by atoms with E-state index in [0.717, 1.165) is 29.8 Å². The molecule has 0 aliphatic rings. The number of benzene rings is 1. The summed E-state index contributed by atoms with van der Waals surface area (Å²) in [5, 5.41) is 8.80. The van der Waals surface area contributed by atoms with Crippen molar-refractivity contribution in [1.29, 1.82) is 5.26 Å². The first kappa shape index (κ1) is 13.1. The minimum atomic E-state index is 0.624. The van der Waals surface area contributed by atoms with Gasteiger partial charge in [0.25, 0.3) is 0 Å². The van der Waals surface area contributed by atoms with Crippen molar-refractivity contribution in [2.24, 2.45) is 7.05 Å². The maximum atomic E-state index is 8.80. The van der Waals surface area contributed by atoms with Crippen molar-refractivity contribution in [3.05, 3.63) is 53.5 Å². The predicted molar refractivity (Wildman–Crippen MR) is 81.5 cm³/mol. The Morgan fingerprint density at radius 2 is 2.00 bits per heavy atom. The van der Waals surface area contributed by atoms with E-state index < -0.39 is 0 Å². The maximum Gasteiger partial charge on any atom is 0.159 e. The van der Waals surface area contributed by atoms with Crippen LogP contribution in [0.25, 0.3) is 11.2 Å². The Labute approximate surface area is 122 Å². The van der Waals surface area contributed by atoms with Gasteiger partial charge in [0.2, 0.25) is 0 Å². The van der Waals surface area contributed by atoms with Crippen LogP contribution < -0.4 is 5.73 Å². The van der Waals surface area contributed by atoms with Gasteiger partial charge in [-0.1, -0.05) is 12.1 Å². The summed E-state index contributed by atoms with van der Waals surface area (Å²) in [5.41, 5.74) is 9.90. The van der Waals surface area contributed by atoms with E-state index in [-0.39, 0.29) is 0 Å². The smallest absolute Gasteiger partial charge is 0.159 e. The Hall–Kier alpha value is -2.87. The van der Waals surface area contributed by atoms with Crippen LogP contribution in [-0.4, -0.2) is 14.5 Å². The van der Waals surface area contributed by atoms with Crippen molar-refractivity contribution >= 4 is 16.9 Å². The van der Waals surface area contributed by atoms with Gasteiger partial charge in [0.1, 0.15) is 11.3 Å². The molecule has 3 aromatic rings. The number of nitrogens with two attached hydrogens (primary N) is 1. The SMILES string of the molecule is Cn1c(CCc2ccc(C#N)cc2)nc2cc(N)cnc21. The number of hydrogen-bond acceptors (Lipinski definition) is 4. The zero-order chi connectivity index (χ0) is 14.8. The second-order valence-corrected chi connectivity index (χ2v) is 5.01. The molecule has 0 saturated heterocycles. The van der Waals surface area contributed by atoms with Gasteiger partial charge < -0.3 is 10.3 Å². The number of nitrogen functional groups attached to an aromatic ring is 1. The lowest BCUT2D eigenvalue weighted by molar-refractivity contribution is 0.781. The number of fused-ring (bicyclic) bond motifs is 1. The molecule has 0 fully saturated rings. The number of anilines is 1. The molecule has 21 heavy (non-hydrogen) atoms. The highest BCUT2D eigenvalue weighted by Gasteiger charge is 2.09. The first-order valence-corrected chi connectivity index (χ1v) is 6.73. The standard InChI is InChI=1S/C16H15N5/c1-21-15(20-14-8-13(18)10-19-16(14)21)7-6-11-2-4-12(9-17)5-3-11/h2-5,8,10H,6-7,18H2,1H3. The van der Waals surface area contributed by atoms with Crippen molar-refractivity contribution in [3.63, 3.8) is 0 Å². The van der Waals surface area contributed by atoms with Gasteiger partial charge in [-0.2, -0.15) is 5.26 Å². The number of rotatable bonds is 3. The molecule has 0 aliphatic carbocycles. The van der Waals surface area contributed by atoms with Gasteiger partial charge in [-0.15, -0.1) is 0 Å². The molecule has 0 spiro atoms. The average Bonchev–Trinajstić information content (AvgIpc) is 2.81. The van der Waals surface area contributed by atoms with Crippen molar-refractivity contribution in [1.82, 2.24) is 14.5 Å². The van der Waals surface area contributed by atoms with Crippen LogP contribution in [0.15, 0.2) is 36.5 Å².